The number of benzene rings is 1. The Labute approximate surface area is 237 Å². The number of aromatic nitrogens is 3. The molecule has 0 unspecified atom stereocenters. The minimum Gasteiger partial charge on any atom is -0.444 e. The molecule has 0 saturated heterocycles. The number of carbonyl (C=O) groups is 2. The maximum Gasteiger partial charge on any atom is 0.413 e. The smallest absolute Gasteiger partial charge is 0.413 e. The number of carbonyl (C=O) groups excluding carboxylic acids is 2. The lowest BCUT2D eigenvalue weighted by atomic mass is 9.63. The molecule has 0 aliphatic heterocycles. The number of hydrogen-bond donors (Lipinski definition) is 2. The molecule has 41 heavy (non-hydrogen) atoms. The van der Waals surface area contributed by atoms with Crippen LogP contribution < -0.4 is 10.6 Å². The predicted molar refractivity (Wildman–Crippen MR) is 147 cm³/mol. The highest BCUT2D eigenvalue weighted by Crippen LogP contribution is 2.50. The summed E-state index contributed by atoms with van der Waals surface area (Å²) >= 11 is 0. The standard InChI is InChI=1S/C29H34F2N6O4/c1-15(2)37-26(34-27(39)40-28(3,4)5)19(14-32)25(35-37)18-9-8-16(23(30)24(18)31)10-21(38)33-22-11-20(36-41-22)17-12-29(6,7)13-17/h8-9,11,15,17H,10,12-13H2,1-7H3,(H,33,38)(H,34,39). The second-order valence-electron chi connectivity index (χ2n) is 12.4. The first kappa shape index (κ1) is 29.7. The van der Waals surface area contributed by atoms with Crippen molar-refractivity contribution in [3.05, 3.63) is 46.7 Å². The molecule has 0 atom stereocenters. The minimum atomic E-state index is -1.28. The third-order valence-corrected chi connectivity index (χ3v) is 6.71. The number of hydrogen-bond acceptors (Lipinski definition) is 7. The van der Waals surface area contributed by atoms with Crippen molar-refractivity contribution in [2.24, 2.45) is 5.41 Å². The molecule has 0 bridgehead atoms. The largest absolute Gasteiger partial charge is 0.444 e. The predicted octanol–water partition coefficient (Wildman–Crippen LogP) is 6.70. The van der Waals surface area contributed by atoms with Crippen molar-refractivity contribution in [2.45, 2.75) is 85.3 Å². The summed E-state index contributed by atoms with van der Waals surface area (Å²) in [6.45, 7) is 12.9. The Kier molecular flexibility index (Phi) is 7.94. The van der Waals surface area contributed by atoms with Crippen LogP contribution in [0.2, 0.25) is 0 Å². The lowest BCUT2D eigenvalue weighted by molar-refractivity contribution is -0.115. The first-order chi connectivity index (χ1) is 19.1. The highest BCUT2D eigenvalue weighted by molar-refractivity contribution is 5.91. The molecule has 0 spiro atoms. The maximum atomic E-state index is 15.4. The van der Waals surface area contributed by atoms with Gasteiger partial charge in [-0.25, -0.2) is 18.3 Å². The van der Waals surface area contributed by atoms with Gasteiger partial charge in [0, 0.05) is 29.2 Å². The zero-order valence-electron chi connectivity index (χ0n) is 24.2. The van der Waals surface area contributed by atoms with Crippen molar-refractivity contribution < 1.29 is 27.6 Å². The van der Waals surface area contributed by atoms with Crippen molar-refractivity contribution >= 4 is 23.7 Å². The first-order valence-electron chi connectivity index (χ1n) is 13.3. The van der Waals surface area contributed by atoms with Crippen LogP contribution in [0, 0.1) is 28.4 Å². The van der Waals surface area contributed by atoms with Crippen molar-refractivity contribution in [3.8, 4) is 17.3 Å². The number of nitrogens with one attached hydrogen (secondary N) is 2. The van der Waals surface area contributed by atoms with Crippen LogP contribution in [0.4, 0.5) is 25.3 Å². The molecule has 1 aromatic carbocycles. The molecule has 1 saturated carbocycles. The average Bonchev–Trinajstić information content (AvgIpc) is 3.43. The molecule has 4 rings (SSSR count). The molecule has 2 N–H and O–H groups in total. The molecule has 3 aromatic rings. The Morgan fingerprint density at radius 3 is 2.49 bits per heavy atom. The normalized spacial score (nSPS) is 14.9. The van der Waals surface area contributed by atoms with Gasteiger partial charge in [0.05, 0.1) is 12.1 Å². The van der Waals surface area contributed by atoms with E-state index in [1.165, 1.54) is 16.8 Å². The number of anilines is 2. The molecular formula is C29H34F2N6O4. The van der Waals surface area contributed by atoms with Crippen molar-refractivity contribution in [1.82, 2.24) is 14.9 Å². The van der Waals surface area contributed by atoms with E-state index in [1.807, 2.05) is 6.07 Å². The zero-order chi connectivity index (χ0) is 30.3. The lowest BCUT2D eigenvalue weighted by Gasteiger charge is -2.41. The quantitative estimate of drug-likeness (QED) is 0.324. The second kappa shape index (κ2) is 11.0. The maximum absolute atomic E-state index is 15.4. The number of ether oxygens (including phenoxy) is 1. The Hall–Kier alpha value is -4.27. The summed E-state index contributed by atoms with van der Waals surface area (Å²) in [7, 11) is 0. The fourth-order valence-electron chi connectivity index (χ4n) is 4.91. The number of amides is 2. The lowest BCUT2D eigenvalue weighted by Crippen LogP contribution is -2.29. The van der Waals surface area contributed by atoms with E-state index in [1.54, 1.807) is 40.7 Å². The summed E-state index contributed by atoms with van der Waals surface area (Å²) in [5.41, 5.74) is -0.620. The third kappa shape index (κ3) is 6.56. The Bertz CT molecular complexity index is 1520. The van der Waals surface area contributed by atoms with Gasteiger partial charge in [0.1, 0.15) is 22.9 Å². The molecular weight excluding hydrogens is 534 g/mol. The van der Waals surface area contributed by atoms with E-state index in [2.05, 4.69) is 34.7 Å². The van der Waals surface area contributed by atoms with Gasteiger partial charge in [-0.15, -0.1) is 0 Å². The molecule has 1 aliphatic carbocycles. The third-order valence-electron chi connectivity index (χ3n) is 6.71. The number of rotatable bonds is 7. The van der Waals surface area contributed by atoms with Crippen LogP contribution in [-0.2, 0) is 16.0 Å². The number of halogens is 2. The molecule has 1 fully saturated rings. The highest BCUT2D eigenvalue weighted by atomic mass is 19.2. The minimum absolute atomic E-state index is 0.00750. The van der Waals surface area contributed by atoms with Gasteiger partial charge < -0.3 is 9.26 Å². The molecule has 10 nitrogen and oxygen atoms in total. The summed E-state index contributed by atoms with van der Waals surface area (Å²) in [6, 6.07) is 5.73. The van der Waals surface area contributed by atoms with Crippen LogP contribution in [0.25, 0.3) is 11.3 Å². The first-order valence-corrected chi connectivity index (χ1v) is 13.3. The van der Waals surface area contributed by atoms with E-state index in [0.717, 1.165) is 18.5 Å². The Morgan fingerprint density at radius 2 is 1.90 bits per heavy atom. The van der Waals surface area contributed by atoms with Gasteiger partial charge in [0.15, 0.2) is 17.5 Å². The summed E-state index contributed by atoms with van der Waals surface area (Å²) in [5.74, 6) is -2.76. The topological polar surface area (TPSA) is 135 Å². The van der Waals surface area contributed by atoms with E-state index in [-0.39, 0.29) is 51.5 Å². The second-order valence-corrected chi connectivity index (χ2v) is 12.4. The van der Waals surface area contributed by atoms with Gasteiger partial charge in [-0.3, -0.25) is 15.4 Å². The van der Waals surface area contributed by atoms with Crippen LogP contribution in [-0.4, -0.2) is 32.5 Å². The zero-order valence-corrected chi connectivity index (χ0v) is 24.2. The fraction of sp³-hybridized carbons (Fsp3) is 0.483. The van der Waals surface area contributed by atoms with Crippen LogP contribution in [0.15, 0.2) is 22.7 Å². The average molecular weight is 569 g/mol. The molecule has 2 aromatic heterocycles. The van der Waals surface area contributed by atoms with E-state index >= 15 is 8.78 Å². The number of nitriles is 1. The van der Waals surface area contributed by atoms with Crippen molar-refractivity contribution in [1.29, 1.82) is 5.26 Å². The summed E-state index contributed by atoms with van der Waals surface area (Å²) in [5, 5.41) is 23.2. The summed E-state index contributed by atoms with van der Waals surface area (Å²) in [4.78, 5) is 25.0. The number of nitrogens with zero attached hydrogens (tertiary/aromatic N) is 4. The Morgan fingerprint density at radius 1 is 1.22 bits per heavy atom. The van der Waals surface area contributed by atoms with Crippen molar-refractivity contribution in [3.63, 3.8) is 0 Å². The SMILES string of the molecule is CC(C)n1nc(-c2ccc(CC(=O)Nc3cc(C4CC(C)(C)C4)no3)c(F)c2F)c(C#N)c1NC(=O)OC(C)(C)C. The van der Waals surface area contributed by atoms with Gasteiger partial charge in [-0.05, 0) is 58.9 Å². The van der Waals surface area contributed by atoms with Gasteiger partial charge in [0.25, 0.3) is 0 Å². The van der Waals surface area contributed by atoms with E-state index in [0.29, 0.717) is 0 Å². The van der Waals surface area contributed by atoms with Gasteiger partial charge in [-0.1, -0.05) is 25.1 Å². The molecule has 2 amide bonds. The van der Waals surface area contributed by atoms with Crippen molar-refractivity contribution in [2.75, 3.05) is 10.6 Å². The molecule has 2 heterocycles. The fourth-order valence-corrected chi connectivity index (χ4v) is 4.91. The molecule has 1 aliphatic rings. The highest BCUT2D eigenvalue weighted by Gasteiger charge is 2.38. The summed E-state index contributed by atoms with van der Waals surface area (Å²) < 4.78 is 42.4. The van der Waals surface area contributed by atoms with E-state index in [4.69, 9.17) is 9.26 Å². The van der Waals surface area contributed by atoms with Gasteiger partial charge in [-0.2, -0.15) is 10.4 Å². The Balaban J connectivity index is 1.54. The van der Waals surface area contributed by atoms with Crippen LogP contribution in [0.3, 0.4) is 0 Å². The monoisotopic (exact) mass is 568 g/mol. The molecule has 0 radical (unpaired) electrons. The summed E-state index contributed by atoms with van der Waals surface area (Å²) in [6.07, 6.45) is 0.633. The molecule has 12 heteroatoms. The molecule has 218 valence electrons. The van der Waals surface area contributed by atoms with Gasteiger partial charge >= 0.3 is 6.09 Å². The van der Waals surface area contributed by atoms with Crippen LogP contribution in [0.1, 0.15) is 90.1 Å². The van der Waals surface area contributed by atoms with E-state index < -0.39 is 35.7 Å². The van der Waals surface area contributed by atoms with Crippen LogP contribution in [0.5, 0.6) is 0 Å². The van der Waals surface area contributed by atoms with Gasteiger partial charge in [0.2, 0.25) is 11.8 Å². The van der Waals surface area contributed by atoms with E-state index in [9.17, 15) is 14.9 Å². The van der Waals surface area contributed by atoms with Crippen LogP contribution >= 0.6 is 0 Å².